The van der Waals surface area contributed by atoms with Gasteiger partial charge in [-0.15, -0.1) is 0 Å². The van der Waals surface area contributed by atoms with Crippen molar-refractivity contribution in [3.8, 4) is 78.7 Å². The first-order valence-electron chi connectivity index (χ1n) is 19.6. The Morgan fingerprint density at radius 1 is 0.304 bits per heavy atom. The van der Waals surface area contributed by atoms with Gasteiger partial charge in [0.1, 0.15) is 0 Å². The van der Waals surface area contributed by atoms with E-state index in [1.54, 1.807) is 0 Å². The Morgan fingerprint density at radius 3 is 1.27 bits per heavy atom. The first kappa shape index (κ1) is 35.3. The van der Waals surface area contributed by atoms with Crippen LogP contribution in [0.3, 0.4) is 0 Å². The van der Waals surface area contributed by atoms with Crippen LogP contribution in [0.2, 0.25) is 0 Å². The Hall–Kier alpha value is -6.45. The standard InChI is InChI=1S/C53H45N3/c1-52(2)32-33-53(3,4)48-35-44(30-31-47(48)52)38-24-28-41(29-25-38)50-54-49(55-51(56-50)46-21-12-11-20-45(46)39-16-9-6-10-17-39)40-26-22-37(23-27-40)43-19-13-18-42(34-43)36-14-7-5-8-15-36/h5-31,34-35H,32-33H2,1-4H3. The summed E-state index contributed by atoms with van der Waals surface area (Å²) in [6.07, 6.45) is 2.40. The molecule has 8 aromatic rings. The average molecular weight is 724 g/mol. The maximum atomic E-state index is 5.16. The third kappa shape index (κ3) is 6.86. The van der Waals surface area contributed by atoms with E-state index >= 15 is 0 Å². The normalized spacial score (nSPS) is 14.2. The quantitative estimate of drug-likeness (QED) is 0.164. The van der Waals surface area contributed by atoms with E-state index in [-0.39, 0.29) is 10.8 Å². The topological polar surface area (TPSA) is 38.7 Å². The van der Waals surface area contributed by atoms with Gasteiger partial charge in [0.25, 0.3) is 0 Å². The molecule has 0 amide bonds. The molecule has 0 unspecified atom stereocenters. The van der Waals surface area contributed by atoms with E-state index in [9.17, 15) is 0 Å². The Kier molecular flexibility index (Phi) is 9.02. The highest BCUT2D eigenvalue weighted by Crippen LogP contribution is 2.47. The third-order valence-corrected chi connectivity index (χ3v) is 11.7. The minimum absolute atomic E-state index is 0.152. The third-order valence-electron chi connectivity index (χ3n) is 11.7. The van der Waals surface area contributed by atoms with Gasteiger partial charge in [0, 0.05) is 16.7 Å². The maximum absolute atomic E-state index is 5.16. The largest absolute Gasteiger partial charge is 0.208 e. The SMILES string of the molecule is CC1(C)CCC(C)(C)c2cc(-c3ccc(-c4nc(-c5ccc(-c6cccc(-c7ccccc7)c6)cc5)nc(-c5ccccc5-c5ccccc5)n4)cc3)ccc21. The molecule has 0 radical (unpaired) electrons. The van der Waals surface area contributed by atoms with Crippen molar-refractivity contribution in [1.29, 1.82) is 0 Å². The van der Waals surface area contributed by atoms with Crippen LogP contribution in [0.4, 0.5) is 0 Å². The molecule has 0 atom stereocenters. The zero-order valence-electron chi connectivity index (χ0n) is 32.5. The maximum Gasteiger partial charge on any atom is 0.164 e. The second-order valence-electron chi connectivity index (χ2n) is 16.3. The molecule has 0 bridgehead atoms. The minimum Gasteiger partial charge on any atom is -0.208 e. The van der Waals surface area contributed by atoms with Gasteiger partial charge in [-0.05, 0) is 85.4 Å². The van der Waals surface area contributed by atoms with E-state index in [0.717, 1.165) is 38.9 Å². The van der Waals surface area contributed by atoms with Crippen LogP contribution in [0.5, 0.6) is 0 Å². The van der Waals surface area contributed by atoms with E-state index in [4.69, 9.17) is 15.0 Å². The first-order valence-corrected chi connectivity index (χ1v) is 19.6. The Morgan fingerprint density at radius 2 is 0.696 bits per heavy atom. The van der Waals surface area contributed by atoms with E-state index in [1.807, 2.05) is 6.07 Å². The molecule has 1 aromatic heterocycles. The minimum atomic E-state index is 0.152. The van der Waals surface area contributed by atoms with Crippen LogP contribution < -0.4 is 0 Å². The molecule has 1 aliphatic rings. The van der Waals surface area contributed by atoms with Gasteiger partial charge < -0.3 is 0 Å². The lowest BCUT2D eigenvalue weighted by atomic mass is 9.63. The van der Waals surface area contributed by atoms with Gasteiger partial charge in [0.05, 0.1) is 0 Å². The summed E-state index contributed by atoms with van der Waals surface area (Å²) in [4.78, 5) is 15.4. The molecule has 9 rings (SSSR count). The molecule has 0 aliphatic heterocycles. The molecule has 0 fully saturated rings. The molecule has 56 heavy (non-hydrogen) atoms. The van der Waals surface area contributed by atoms with Gasteiger partial charge in [-0.25, -0.2) is 15.0 Å². The van der Waals surface area contributed by atoms with Crippen LogP contribution in [0.15, 0.2) is 176 Å². The summed E-state index contributed by atoms with van der Waals surface area (Å²) >= 11 is 0. The molecule has 0 N–H and O–H groups in total. The molecule has 0 saturated heterocycles. The van der Waals surface area contributed by atoms with Crippen molar-refractivity contribution < 1.29 is 0 Å². The summed E-state index contributed by atoms with van der Waals surface area (Å²) in [5.41, 5.74) is 15.5. The fourth-order valence-corrected chi connectivity index (χ4v) is 8.20. The number of hydrogen-bond acceptors (Lipinski definition) is 3. The first-order chi connectivity index (χ1) is 27.2. The van der Waals surface area contributed by atoms with Crippen molar-refractivity contribution in [2.75, 3.05) is 0 Å². The molecule has 3 nitrogen and oxygen atoms in total. The fraction of sp³-hybridized carbons (Fsp3) is 0.151. The summed E-state index contributed by atoms with van der Waals surface area (Å²) in [6, 6.07) is 62.4. The van der Waals surface area contributed by atoms with Crippen LogP contribution in [-0.4, -0.2) is 15.0 Å². The summed E-state index contributed by atoms with van der Waals surface area (Å²) in [5, 5.41) is 0. The summed E-state index contributed by atoms with van der Waals surface area (Å²) in [5.74, 6) is 1.93. The van der Waals surface area contributed by atoms with Crippen LogP contribution >= 0.6 is 0 Å². The van der Waals surface area contributed by atoms with Crippen molar-refractivity contribution >= 4 is 0 Å². The Bertz CT molecular complexity index is 2660. The highest BCUT2D eigenvalue weighted by molar-refractivity contribution is 5.82. The summed E-state index contributed by atoms with van der Waals surface area (Å²) in [6.45, 7) is 9.53. The number of fused-ring (bicyclic) bond motifs is 1. The van der Waals surface area contributed by atoms with Crippen LogP contribution in [0.1, 0.15) is 51.7 Å². The molecule has 7 aromatic carbocycles. The Balaban J connectivity index is 1.11. The van der Waals surface area contributed by atoms with E-state index in [0.29, 0.717) is 17.5 Å². The van der Waals surface area contributed by atoms with Crippen molar-refractivity contribution in [3.63, 3.8) is 0 Å². The van der Waals surface area contributed by atoms with Crippen molar-refractivity contribution in [3.05, 3.63) is 187 Å². The van der Waals surface area contributed by atoms with E-state index in [1.165, 1.54) is 46.2 Å². The fourth-order valence-electron chi connectivity index (χ4n) is 8.20. The second kappa shape index (κ2) is 14.3. The zero-order chi connectivity index (χ0) is 38.3. The van der Waals surface area contributed by atoms with Gasteiger partial charge in [-0.2, -0.15) is 0 Å². The van der Waals surface area contributed by atoms with Crippen molar-refractivity contribution in [2.45, 2.75) is 51.4 Å². The lowest BCUT2D eigenvalue weighted by Gasteiger charge is -2.42. The number of rotatable bonds is 7. The second-order valence-corrected chi connectivity index (χ2v) is 16.3. The summed E-state index contributed by atoms with van der Waals surface area (Å²) in [7, 11) is 0. The molecule has 1 heterocycles. The molecular formula is C53H45N3. The summed E-state index contributed by atoms with van der Waals surface area (Å²) < 4.78 is 0. The van der Waals surface area contributed by atoms with Gasteiger partial charge in [0.2, 0.25) is 0 Å². The molecule has 1 aliphatic carbocycles. The van der Waals surface area contributed by atoms with E-state index < -0.39 is 0 Å². The average Bonchev–Trinajstić information content (AvgIpc) is 3.26. The highest BCUT2D eigenvalue weighted by atomic mass is 15.0. The predicted octanol–water partition coefficient (Wildman–Crippen LogP) is 13.9. The smallest absolute Gasteiger partial charge is 0.164 e. The van der Waals surface area contributed by atoms with Gasteiger partial charge in [-0.1, -0.05) is 198 Å². The number of nitrogens with zero attached hydrogens (tertiary/aromatic N) is 3. The number of hydrogen-bond donors (Lipinski definition) is 0. The monoisotopic (exact) mass is 723 g/mol. The lowest BCUT2D eigenvalue weighted by Crippen LogP contribution is -2.33. The Labute approximate surface area is 330 Å². The van der Waals surface area contributed by atoms with Crippen LogP contribution in [-0.2, 0) is 10.8 Å². The van der Waals surface area contributed by atoms with Crippen LogP contribution in [0, 0.1) is 0 Å². The molecule has 0 saturated carbocycles. The zero-order valence-corrected chi connectivity index (χ0v) is 32.5. The van der Waals surface area contributed by atoms with Gasteiger partial charge in [0.15, 0.2) is 17.5 Å². The molecule has 272 valence electrons. The highest BCUT2D eigenvalue weighted by Gasteiger charge is 2.37. The molecule has 3 heteroatoms. The van der Waals surface area contributed by atoms with E-state index in [2.05, 4.69) is 198 Å². The number of benzene rings is 7. The van der Waals surface area contributed by atoms with Crippen molar-refractivity contribution in [1.82, 2.24) is 15.0 Å². The van der Waals surface area contributed by atoms with Gasteiger partial charge >= 0.3 is 0 Å². The van der Waals surface area contributed by atoms with Crippen LogP contribution in [0.25, 0.3) is 78.7 Å². The predicted molar refractivity (Wildman–Crippen MR) is 233 cm³/mol. The lowest BCUT2D eigenvalue weighted by molar-refractivity contribution is 0.332. The molecule has 0 spiro atoms. The molecular weight excluding hydrogens is 679 g/mol. The number of aromatic nitrogens is 3. The van der Waals surface area contributed by atoms with Gasteiger partial charge in [-0.3, -0.25) is 0 Å². The van der Waals surface area contributed by atoms with Crippen molar-refractivity contribution in [2.24, 2.45) is 0 Å².